The van der Waals surface area contributed by atoms with Crippen molar-refractivity contribution in [1.82, 2.24) is 25.4 Å². The molecule has 0 saturated carbocycles. The summed E-state index contributed by atoms with van der Waals surface area (Å²) in [5, 5.41) is 8.60. The molecule has 0 spiro atoms. The van der Waals surface area contributed by atoms with Crippen LogP contribution in [0.2, 0.25) is 0 Å². The highest BCUT2D eigenvalue weighted by Crippen LogP contribution is 2.29. The Kier molecular flexibility index (Phi) is 13.6. The first-order chi connectivity index (χ1) is 18.2. The first-order valence-corrected chi connectivity index (χ1v) is 14.4. The monoisotopic (exact) mass is 569 g/mol. The van der Waals surface area contributed by atoms with Crippen LogP contribution in [0.1, 0.15) is 51.5 Å². The number of thiocarbonyl (C=S) groups is 1. The predicted octanol–water partition coefficient (Wildman–Crippen LogP) is 2.23. The Bertz CT molecular complexity index is 903. The van der Waals surface area contributed by atoms with Crippen LogP contribution in [0, 0.1) is 11.8 Å². The minimum atomic E-state index is -0.497. The number of aromatic nitrogens is 1. The number of rotatable bonds is 16. The number of carbonyl (C=O) groups excluding carboxylic acids is 3. The van der Waals surface area contributed by atoms with Gasteiger partial charge in [0, 0.05) is 45.3 Å². The number of thiazole rings is 1. The predicted molar refractivity (Wildman–Crippen MR) is 152 cm³/mol. The van der Waals surface area contributed by atoms with E-state index in [0.717, 1.165) is 24.3 Å². The summed E-state index contributed by atoms with van der Waals surface area (Å²) in [5.41, 5.74) is 0. The molecule has 2 heterocycles. The van der Waals surface area contributed by atoms with Gasteiger partial charge in [-0.15, -0.1) is 11.3 Å². The van der Waals surface area contributed by atoms with Crippen LogP contribution in [0.5, 0.6) is 0 Å². The fourth-order valence-corrected chi connectivity index (χ4v) is 6.01. The molecule has 10 nitrogen and oxygen atoms in total. The Morgan fingerprint density at radius 2 is 2.08 bits per heavy atom. The normalized spacial score (nSPS) is 19.2. The molecule has 1 fully saturated rings. The van der Waals surface area contributed by atoms with Crippen molar-refractivity contribution in [3.8, 4) is 0 Å². The fourth-order valence-electron chi connectivity index (χ4n) is 5.24. The zero-order valence-corrected chi connectivity index (χ0v) is 25.0. The molecule has 6 atom stereocenters. The van der Waals surface area contributed by atoms with E-state index < -0.39 is 6.10 Å². The Morgan fingerprint density at radius 3 is 2.66 bits per heavy atom. The van der Waals surface area contributed by atoms with E-state index in [4.69, 9.17) is 21.7 Å². The Labute approximate surface area is 235 Å². The number of amides is 3. The van der Waals surface area contributed by atoms with Gasteiger partial charge in [-0.05, 0) is 18.8 Å². The molecule has 2 N–H and O–H groups in total. The molecule has 0 aliphatic carbocycles. The van der Waals surface area contributed by atoms with E-state index >= 15 is 0 Å². The van der Waals surface area contributed by atoms with E-state index in [1.807, 2.05) is 31.1 Å². The first kappa shape index (κ1) is 32.1. The summed E-state index contributed by atoms with van der Waals surface area (Å²) in [6.07, 6.45) is 4.16. The van der Waals surface area contributed by atoms with Gasteiger partial charge in [0.25, 0.3) is 0 Å². The maximum absolute atomic E-state index is 13.7. The van der Waals surface area contributed by atoms with Crippen molar-refractivity contribution in [2.24, 2.45) is 11.8 Å². The standard InChI is InChI=1S/C26H43N5O5S2/c1-7-17(2)24(30(4)23(34)15-27-16-32)20(35-5)13-22(33)31-11-8-9-19(31)25(36-6)18(3)26(37)29-14-21-28-10-12-38-21/h10,12,16-20,24-25H,7-9,11,13-15H2,1-6H3,(H,27,32)(H,29,37). The van der Waals surface area contributed by atoms with Crippen LogP contribution in [0.15, 0.2) is 11.6 Å². The van der Waals surface area contributed by atoms with E-state index in [1.54, 1.807) is 43.7 Å². The van der Waals surface area contributed by atoms with Gasteiger partial charge in [-0.3, -0.25) is 14.4 Å². The molecule has 0 radical (unpaired) electrons. The lowest BCUT2D eigenvalue weighted by Crippen LogP contribution is -2.54. The molecule has 6 unspecified atom stereocenters. The van der Waals surface area contributed by atoms with Gasteiger partial charge in [-0.2, -0.15) is 0 Å². The number of likely N-dealkylation sites (N-methyl/N-ethyl adjacent to an activating group) is 1. The van der Waals surface area contributed by atoms with E-state index in [1.165, 1.54) is 0 Å². The Balaban J connectivity index is 2.12. The molecule has 1 aliphatic heterocycles. The van der Waals surface area contributed by atoms with E-state index in [-0.39, 0.29) is 54.8 Å². The summed E-state index contributed by atoms with van der Waals surface area (Å²) in [5.74, 6) is -0.285. The second-order valence-electron chi connectivity index (χ2n) is 9.79. The topological polar surface area (TPSA) is 113 Å². The molecular weight excluding hydrogens is 526 g/mol. The minimum absolute atomic E-state index is 0.0320. The molecule has 0 aromatic carbocycles. The largest absolute Gasteiger partial charge is 0.379 e. The Hall–Kier alpha value is -2.15. The smallest absolute Gasteiger partial charge is 0.242 e. The van der Waals surface area contributed by atoms with Crippen molar-refractivity contribution in [1.29, 1.82) is 0 Å². The highest BCUT2D eigenvalue weighted by Gasteiger charge is 2.41. The summed E-state index contributed by atoms with van der Waals surface area (Å²) in [4.78, 5) is 45.5. The summed E-state index contributed by atoms with van der Waals surface area (Å²) >= 11 is 7.25. The van der Waals surface area contributed by atoms with Gasteiger partial charge in [0.15, 0.2) is 0 Å². The molecule has 2 rings (SSSR count). The number of nitrogens with one attached hydrogen (secondary N) is 2. The molecule has 1 aromatic rings. The summed E-state index contributed by atoms with van der Waals surface area (Å²) < 4.78 is 11.7. The zero-order chi connectivity index (χ0) is 28.2. The van der Waals surface area contributed by atoms with Crippen LogP contribution in [-0.4, -0.2) is 96.6 Å². The van der Waals surface area contributed by atoms with Gasteiger partial charge >= 0.3 is 0 Å². The highest BCUT2D eigenvalue weighted by molar-refractivity contribution is 7.80. The van der Waals surface area contributed by atoms with Crippen molar-refractivity contribution in [3.63, 3.8) is 0 Å². The van der Waals surface area contributed by atoms with Gasteiger partial charge in [0.1, 0.15) is 5.01 Å². The van der Waals surface area contributed by atoms with Gasteiger partial charge < -0.3 is 29.9 Å². The number of ether oxygens (including phenoxy) is 2. The van der Waals surface area contributed by atoms with Gasteiger partial charge in [-0.1, -0.05) is 39.4 Å². The second-order valence-corrected chi connectivity index (χ2v) is 11.2. The van der Waals surface area contributed by atoms with Gasteiger partial charge in [0.2, 0.25) is 18.2 Å². The number of likely N-dealkylation sites (tertiary alicyclic amines) is 1. The third-order valence-electron chi connectivity index (χ3n) is 7.54. The third kappa shape index (κ3) is 8.42. The maximum Gasteiger partial charge on any atom is 0.242 e. The van der Waals surface area contributed by atoms with Crippen LogP contribution in [0.4, 0.5) is 0 Å². The molecule has 0 bridgehead atoms. The average molecular weight is 570 g/mol. The first-order valence-electron chi connectivity index (χ1n) is 13.1. The van der Waals surface area contributed by atoms with Crippen LogP contribution < -0.4 is 10.6 Å². The van der Waals surface area contributed by atoms with E-state index in [0.29, 0.717) is 24.5 Å². The molecule has 1 aromatic heterocycles. The lowest BCUT2D eigenvalue weighted by molar-refractivity contribution is -0.144. The summed E-state index contributed by atoms with van der Waals surface area (Å²) in [7, 11) is 4.93. The van der Waals surface area contributed by atoms with Crippen molar-refractivity contribution in [2.45, 2.75) is 77.3 Å². The minimum Gasteiger partial charge on any atom is -0.379 e. The number of methoxy groups -OCH3 is 2. The third-order valence-corrected chi connectivity index (χ3v) is 8.83. The average Bonchev–Trinajstić information content (AvgIpc) is 3.62. The van der Waals surface area contributed by atoms with Crippen molar-refractivity contribution < 1.29 is 23.9 Å². The lowest BCUT2D eigenvalue weighted by atomic mass is 9.90. The SMILES string of the molecule is CCC(C)C(C(CC(=O)N1CCCC1C(OC)C(C)C(=S)NCc1nccs1)OC)N(C)C(=O)CNC=O. The molecule has 12 heteroatoms. The molecule has 3 amide bonds. The van der Waals surface area contributed by atoms with Crippen LogP contribution in [-0.2, 0) is 30.4 Å². The second kappa shape index (κ2) is 16.1. The molecule has 1 saturated heterocycles. The van der Waals surface area contributed by atoms with Crippen LogP contribution >= 0.6 is 23.6 Å². The number of hydrogen-bond acceptors (Lipinski definition) is 8. The molecule has 38 heavy (non-hydrogen) atoms. The lowest BCUT2D eigenvalue weighted by Gasteiger charge is -2.39. The van der Waals surface area contributed by atoms with Gasteiger partial charge in [-0.25, -0.2) is 4.98 Å². The molecule has 1 aliphatic rings. The van der Waals surface area contributed by atoms with E-state index in [2.05, 4.69) is 15.6 Å². The number of carbonyl (C=O) groups is 3. The molecular formula is C26H43N5O5S2. The van der Waals surface area contributed by atoms with Crippen LogP contribution in [0.25, 0.3) is 0 Å². The van der Waals surface area contributed by atoms with Crippen molar-refractivity contribution in [2.75, 3.05) is 34.4 Å². The molecule has 214 valence electrons. The summed E-state index contributed by atoms with van der Waals surface area (Å²) in [6, 6.07) is -0.437. The van der Waals surface area contributed by atoms with Gasteiger partial charge in [0.05, 0.1) is 48.8 Å². The van der Waals surface area contributed by atoms with Crippen LogP contribution in [0.3, 0.4) is 0 Å². The van der Waals surface area contributed by atoms with Crippen molar-refractivity contribution in [3.05, 3.63) is 16.6 Å². The highest BCUT2D eigenvalue weighted by atomic mass is 32.1. The zero-order valence-electron chi connectivity index (χ0n) is 23.3. The summed E-state index contributed by atoms with van der Waals surface area (Å²) in [6.45, 7) is 7.20. The van der Waals surface area contributed by atoms with E-state index in [9.17, 15) is 14.4 Å². The fraction of sp³-hybridized carbons (Fsp3) is 0.731. The van der Waals surface area contributed by atoms with Crippen molar-refractivity contribution >= 4 is 46.8 Å². The number of hydrogen-bond donors (Lipinski definition) is 2. The maximum atomic E-state index is 13.7. The Morgan fingerprint density at radius 1 is 1.34 bits per heavy atom. The number of nitrogens with zero attached hydrogens (tertiary/aromatic N) is 3. The quantitative estimate of drug-likeness (QED) is 0.230.